The Morgan fingerprint density at radius 1 is 1.21 bits per heavy atom. The molecular weight excluding hydrogens is 174 g/mol. The smallest absolute Gasteiger partial charge is 0.115 e. The van der Waals surface area contributed by atoms with Gasteiger partial charge in [0.1, 0.15) is 6.04 Å². The second-order valence-corrected chi connectivity index (χ2v) is 4.41. The molecule has 0 amide bonds. The maximum absolute atomic E-state index is 12.3. The second kappa shape index (κ2) is 3.37. The Balaban J connectivity index is 2.29. The van der Waals surface area contributed by atoms with Crippen molar-refractivity contribution in [2.45, 2.75) is 31.8 Å². The first-order chi connectivity index (χ1) is 6.62. The minimum Gasteiger partial charge on any atom is -0.632 e. The maximum Gasteiger partial charge on any atom is 0.115 e. The van der Waals surface area contributed by atoms with E-state index in [1.807, 2.05) is 18.2 Å². The molecule has 3 atom stereocenters. The fourth-order valence-electron chi connectivity index (χ4n) is 2.36. The van der Waals surface area contributed by atoms with Crippen LogP contribution < -0.4 is 0 Å². The molecule has 1 aromatic carbocycles. The molecule has 0 saturated carbocycles. The van der Waals surface area contributed by atoms with E-state index in [-0.39, 0.29) is 16.7 Å². The van der Waals surface area contributed by atoms with Crippen molar-refractivity contribution in [1.82, 2.24) is 0 Å². The Labute approximate surface area is 85.3 Å². The summed E-state index contributed by atoms with van der Waals surface area (Å²) in [4.78, 5) is 0. The second-order valence-electron chi connectivity index (χ2n) is 4.41. The summed E-state index contributed by atoms with van der Waals surface area (Å²) >= 11 is 0. The van der Waals surface area contributed by atoms with Crippen LogP contribution in [0.4, 0.5) is 0 Å². The number of hydrogen-bond acceptors (Lipinski definition) is 1. The SMILES string of the molecule is C[C@@H]1CC[C@H](c2ccccc2)[N+]1(C)[O-]. The van der Waals surface area contributed by atoms with Crippen LogP contribution in [0, 0.1) is 5.21 Å². The lowest BCUT2D eigenvalue weighted by atomic mass is 10.1. The summed E-state index contributed by atoms with van der Waals surface area (Å²) in [5, 5.41) is 12.3. The van der Waals surface area contributed by atoms with Gasteiger partial charge in [-0.2, -0.15) is 0 Å². The summed E-state index contributed by atoms with van der Waals surface area (Å²) < 4.78 is -0.107. The van der Waals surface area contributed by atoms with E-state index in [2.05, 4.69) is 19.1 Å². The molecule has 2 nitrogen and oxygen atoms in total. The van der Waals surface area contributed by atoms with Crippen molar-refractivity contribution in [2.24, 2.45) is 0 Å². The topological polar surface area (TPSA) is 23.1 Å². The molecule has 0 aliphatic carbocycles. The number of hydrogen-bond donors (Lipinski definition) is 0. The number of hydroxylamine groups is 3. The Bertz CT molecular complexity index is 307. The number of benzene rings is 1. The molecule has 0 bridgehead atoms. The van der Waals surface area contributed by atoms with Gasteiger partial charge in [-0.05, 0) is 6.92 Å². The summed E-state index contributed by atoms with van der Waals surface area (Å²) in [7, 11) is 1.80. The van der Waals surface area contributed by atoms with Crippen molar-refractivity contribution in [3.05, 3.63) is 41.1 Å². The molecule has 1 aliphatic rings. The van der Waals surface area contributed by atoms with Crippen LogP contribution in [0.15, 0.2) is 30.3 Å². The molecule has 76 valence electrons. The number of rotatable bonds is 1. The van der Waals surface area contributed by atoms with Crippen molar-refractivity contribution in [3.63, 3.8) is 0 Å². The van der Waals surface area contributed by atoms with Gasteiger partial charge < -0.3 is 9.85 Å². The predicted molar refractivity (Wildman–Crippen MR) is 57.4 cm³/mol. The van der Waals surface area contributed by atoms with E-state index < -0.39 is 0 Å². The van der Waals surface area contributed by atoms with E-state index in [1.165, 1.54) is 5.56 Å². The van der Waals surface area contributed by atoms with Crippen LogP contribution in [0.2, 0.25) is 0 Å². The Kier molecular flexibility index (Phi) is 2.33. The molecule has 1 aromatic rings. The zero-order valence-electron chi connectivity index (χ0n) is 8.81. The van der Waals surface area contributed by atoms with E-state index in [9.17, 15) is 5.21 Å². The standard InChI is InChI=1S/C12H17NO/c1-10-8-9-12(13(10,2)14)11-6-4-3-5-7-11/h3-7,10,12H,8-9H2,1-2H3/t10-,12-,13?/m1/s1. The average molecular weight is 191 g/mol. The van der Waals surface area contributed by atoms with Crippen molar-refractivity contribution in [3.8, 4) is 0 Å². The van der Waals surface area contributed by atoms with Crippen LogP contribution in [0.3, 0.4) is 0 Å². The summed E-state index contributed by atoms with van der Waals surface area (Å²) in [5.74, 6) is 0. The summed E-state index contributed by atoms with van der Waals surface area (Å²) in [6, 6.07) is 10.5. The van der Waals surface area contributed by atoms with Gasteiger partial charge in [-0.1, -0.05) is 30.3 Å². The number of nitrogens with zero attached hydrogens (tertiary/aromatic N) is 1. The molecule has 2 heteroatoms. The molecule has 0 N–H and O–H groups in total. The number of quaternary nitrogens is 1. The first-order valence-electron chi connectivity index (χ1n) is 5.24. The van der Waals surface area contributed by atoms with Gasteiger partial charge in [-0.3, -0.25) is 0 Å². The lowest BCUT2D eigenvalue weighted by Crippen LogP contribution is -2.42. The third-order valence-corrected chi connectivity index (χ3v) is 3.54. The lowest BCUT2D eigenvalue weighted by molar-refractivity contribution is -0.900. The molecule has 14 heavy (non-hydrogen) atoms. The quantitative estimate of drug-likeness (QED) is 0.494. The van der Waals surface area contributed by atoms with Gasteiger partial charge in [-0.25, -0.2) is 0 Å². The molecule has 0 radical (unpaired) electrons. The van der Waals surface area contributed by atoms with Crippen LogP contribution in [-0.4, -0.2) is 17.7 Å². The van der Waals surface area contributed by atoms with Crippen LogP contribution in [0.25, 0.3) is 0 Å². The molecule has 0 aromatic heterocycles. The monoisotopic (exact) mass is 191 g/mol. The molecule has 1 saturated heterocycles. The van der Waals surface area contributed by atoms with Crippen LogP contribution in [-0.2, 0) is 0 Å². The van der Waals surface area contributed by atoms with Crippen molar-refractivity contribution >= 4 is 0 Å². The first kappa shape index (κ1) is 9.69. The summed E-state index contributed by atoms with van der Waals surface area (Å²) in [6.07, 6.45) is 2.06. The van der Waals surface area contributed by atoms with Gasteiger partial charge in [0.25, 0.3) is 0 Å². The lowest BCUT2D eigenvalue weighted by Gasteiger charge is -2.44. The fourth-order valence-corrected chi connectivity index (χ4v) is 2.36. The highest BCUT2D eigenvalue weighted by Gasteiger charge is 2.37. The van der Waals surface area contributed by atoms with E-state index >= 15 is 0 Å². The van der Waals surface area contributed by atoms with Crippen LogP contribution in [0.5, 0.6) is 0 Å². The van der Waals surface area contributed by atoms with Gasteiger partial charge in [-0.15, -0.1) is 0 Å². The predicted octanol–water partition coefficient (Wildman–Crippen LogP) is 2.85. The Morgan fingerprint density at radius 3 is 2.36 bits per heavy atom. The van der Waals surface area contributed by atoms with E-state index in [0.29, 0.717) is 0 Å². The number of likely N-dealkylation sites (tertiary alicyclic amines) is 1. The zero-order valence-corrected chi connectivity index (χ0v) is 8.81. The van der Waals surface area contributed by atoms with Crippen LogP contribution in [0.1, 0.15) is 31.4 Å². The minimum atomic E-state index is -0.107. The van der Waals surface area contributed by atoms with Gasteiger partial charge >= 0.3 is 0 Å². The zero-order chi connectivity index (χ0) is 10.2. The maximum atomic E-state index is 12.3. The fraction of sp³-hybridized carbons (Fsp3) is 0.500. The largest absolute Gasteiger partial charge is 0.632 e. The molecule has 2 rings (SSSR count). The van der Waals surface area contributed by atoms with Crippen LogP contribution >= 0.6 is 0 Å². The third kappa shape index (κ3) is 1.45. The summed E-state index contributed by atoms with van der Waals surface area (Å²) in [5.41, 5.74) is 1.19. The van der Waals surface area contributed by atoms with Crippen molar-refractivity contribution in [1.29, 1.82) is 0 Å². The van der Waals surface area contributed by atoms with Gasteiger partial charge in [0.15, 0.2) is 0 Å². The molecule has 1 fully saturated rings. The molecule has 1 heterocycles. The average Bonchev–Trinajstić information content (AvgIpc) is 2.44. The third-order valence-electron chi connectivity index (χ3n) is 3.54. The van der Waals surface area contributed by atoms with Gasteiger partial charge in [0, 0.05) is 18.4 Å². The molecule has 1 aliphatic heterocycles. The van der Waals surface area contributed by atoms with E-state index in [1.54, 1.807) is 7.05 Å². The Morgan fingerprint density at radius 2 is 1.86 bits per heavy atom. The van der Waals surface area contributed by atoms with Gasteiger partial charge in [0.05, 0.1) is 13.1 Å². The minimum absolute atomic E-state index is 0.107. The normalized spacial score (nSPS) is 37.4. The molecule has 0 spiro atoms. The highest BCUT2D eigenvalue weighted by Crippen LogP contribution is 2.40. The molecule has 1 unspecified atom stereocenters. The Hall–Kier alpha value is -0.860. The van der Waals surface area contributed by atoms with E-state index in [0.717, 1.165) is 12.8 Å². The van der Waals surface area contributed by atoms with E-state index in [4.69, 9.17) is 0 Å². The summed E-state index contributed by atoms with van der Waals surface area (Å²) in [6.45, 7) is 2.05. The highest BCUT2D eigenvalue weighted by molar-refractivity contribution is 5.18. The van der Waals surface area contributed by atoms with Crippen molar-refractivity contribution < 1.29 is 4.65 Å². The van der Waals surface area contributed by atoms with Gasteiger partial charge in [0.2, 0.25) is 0 Å². The first-order valence-corrected chi connectivity index (χ1v) is 5.24. The van der Waals surface area contributed by atoms with Crippen molar-refractivity contribution in [2.75, 3.05) is 7.05 Å². The highest BCUT2D eigenvalue weighted by atomic mass is 16.5. The molecular formula is C12H17NO.